The van der Waals surface area contributed by atoms with E-state index in [0.717, 1.165) is 43.1 Å². The molecule has 0 aliphatic heterocycles. The van der Waals surface area contributed by atoms with E-state index in [0.29, 0.717) is 6.04 Å². The van der Waals surface area contributed by atoms with E-state index in [-0.39, 0.29) is 0 Å². The quantitative estimate of drug-likeness (QED) is 0.756. The average Bonchev–Trinajstić information content (AvgIpc) is 3.20. The summed E-state index contributed by atoms with van der Waals surface area (Å²) in [4.78, 5) is 11.2. The summed E-state index contributed by atoms with van der Waals surface area (Å²) in [6, 6.07) is 12.6. The van der Waals surface area contributed by atoms with Gasteiger partial charge in [-0.25, -0.2) is 9.97 Å². The number of aromatic nitrogens is 2. The zero-order chi connectivity index (χ0) is 17.9. The average molecular weight is 348 g/mol. The van der Waals surface area contributed by atoms with Crippen LogP contribution >= 0.6 is 0 Å². The van der Waals surface area contributed by atoms with E-state index in [1.54, 1.807) is 6.26 Å². The van der Waals surface area contributed by atoms with Crippen molar-refractivity contribution in [2.24, 2.45) is 0 Å². The first-order chi connectivity index (χ1) is 12.7. The van der Waals surface area contributed by atoms with Crippen LogP contribution in [0.1, 0.15) is 35.7 Å². The molecule has 1 aliphatic carbocycles. The van der Waals surface area contributed by atoms with Crippen molar-refractivity contribution >= 4 is 5.95 Å². The zero-order valence-corrected chi connectivity index (χ0v) is 15.3. The Hall–Kier alpha value is -2.66. The van der Waals surface area contributed by atoms with Crippen molar-refractivity contribution in [3.63, 3.8) is 0 Å². The molecular formula is C21H24N4O. The van der Waals surface area contributed by atoms with Crippen LogP contribution in [0.15, 0.2) is 53.3 Å². The molecule has 0 saturated carbocycles. The summed E-state index contributed by atoms with van der Waals surface area (Å²) in [6.45, 7) is 0.788. The Morgan fingerprint density at radius 3 is 2.88 bits per heavy atom. The van der Waals surface area contributed by atoms with Gasteiger partial charge in [0.05, 0.1) is 12.0 Å². The normalized spacial score (nSPS) is 16.3. The third kappa shape index (κ3) is 3.35. The van der Waals surface area contributed by atoms with Crippen molar-refractivity contribution in [2.75, 3.05) is 19.0 Å². The fourth-order valence-electron chi connectivity index (χ4n) is 3.54. The molecule has 0 bridgehead atoms. The summed E-state index contributed by atoms with van der Waals surface area (Å²) < 4.78 is 5.59. The Morgan fingerprint density at radius 2 is 2.08 bits per heavy atom. The number of nitrogens with one attached hydrogen (secondary N) is 1. The number of furan rings is 1. The summed E-state index contributed by atoms with van der Waals surface area (Å²) in [5.74, 6) is 1.69. The molecular weight excluding hydrogens is 324 g/mol. The lowest BCUT2D eigenvalue weighted by Gasteiger charge is -2.26. The maximum atomic E-state index is 5.59. The largest absolute Gasteiger partial charge is 0.464 e. The molecule has 0 saturated heterocycles. The zero-order valence-electron chi connectivity index (χ0n) is 15.3. The fourth-order valence-corrected chi connectivity index (χ4v) is 3.54. The van der Waals surface area contributed by atoms with Crippen LogP contribution in [0.4, 0.5) is 5.95 Å². The molecule has 2 heterocycles. The van der Waals surface area contributed by atoms with Crippen LogP contribution < -0.4 is 10.2 Å². The molecule has 2 aromatic heterocycles. The molecule has 0 spiro atoms. The second-order valence-corrected chi connectivity index (χ2v) is 6.93. The van der Waals surface area contributed by atoms with Crippen molar-refractivity contribution in [3.8, 4) is 11.3 Å². The molecule has 0 radical (unpaired) electrons. The number of anilines is 1. The van der Waals surface area contributed by atoms with Gasteiger partial charge < -0.3 is 14.6 Å². The molecule has 26 heavy (non-hydrogen) atoms. The molecule has 3 aromatic rings. The van der Waals surface area contributed by atoms with Crippen LogP contribution in [0.2, 0.25) is 0 Å². The molecule has 134 valence electrons. The van der Waals surface area contributed by atoms with Crippen LogP contribution in [0, 0.1) is 0 Å². The maximum Gasteiger partial charge on any atom is 0.225 e. The Labute approximate surface area is 154 Å². The molecule has 1 atom stereocenters. The number of fused-ring (bicyclic) bond motifs is 1. The first-order valence-corrected chi connectivity index (χ1v) is 9.10. The van der Waals surface area contributed by atoms with Gasteiger partial charge in [-0.1, -0.05) is 24.3 Å². The van der Waals surface area contributed by atoms with Crippen molar-refractivity contribution in [1.29, 1.82) is 0 Å². The van der Waals surface area contributed by atoms with E-state index in [4.69, 9.17) is 9.40 Å². The van der Waals surface area contributed by atoms with Crippen LogP contribution in [-0.2, 0) is 13.0 Å². The van der Waals surface area contributed by atoms with E-state index < -0.39 is 0 Å². The highest BCUT2D eigenvalue weighted by molar-refractivity contribution is 5.61. The Balaban J connectivity index is 1.54. The molecule has 1 aliphatic rings. The van der Waals surface area contributed by atoms with E-state index in [9.17, 15) is 0 Å². The lowest BCUT2D eigenvalue weighted by molar-refractivity contribution is 0.452. The van der Waals surface area contributed by atoms with Gasteiger partial charge >= 0.3 is 0 Å². The van der Waals surface area contributed by atoms with Gasteiger partial charge in [0.2, 0.25) is 5.95 Å². The monoisotopic (exact) mass is 348 g/mol. The van der Waals surface area contributed by atoms with E-state index >= 15 is 0 Å². The Kier molecular flexibility index (Phi) is 4.71. The van der Waals surface area contributed by atoms with Gasteiger partial charge in [0.15, 0.2) is 0 Å². The van der Waals surface area contributed by atoms with Crippen LogP contribution in [-0.4, -0.2) is 24.1 Å². The minimum absolute atomic E-state index is 0.291. The van der Waals surface area contributed by atoms with Gasteiger partial charge in [0, 0.05) is 44.0 Å². The third-order valence-electron chi connectivity index (χ3n) is 4.91. The number of aryl methyl sites for hydroxylation is 1. The summed E-state index contributed by atoms with van der Waals surface area (Å²) in [7, 11) is 3.96. The standard InChI is InChI=1S/C21H24N4O/c1-25(2)21-23-14-17-18(9-5-10-19(17)24-21)22-13-15-7-3-4-8-16(15)20-11-6-12-26-20/h3-4,6-8,11-12,14,18,22H,5,9-10,13H2,1-2H3. The molecule has 5 nitrogen and oxygen atoms in total. The van der Waals surface area contributed by atoms with Gasteiger partial charge in [-0.15, -0.1) is 0 Å². The maximum absolute atomic E-state index is 5.59. The predicted octanol–water partition coefficient (Wildman–Crippen LogP) is 3.97. The van der Waals surface area contributed by atoms with E-state index in [1.807, 2.05) is 43.4 Å². The van der Waals surface area contributed by atoms with Crippen molar-refractivity contribution in [2.45, 2.75) is 31.8 Å². The number of benzene rings is 1. The van der Waals surface area contributed by atoms with Crippen molar-refractivity contribution in [3.05, 3.63) is 65.7 Å². The summed E-state index contributed by atoms with van der Waals surface area (Å²) in [5.41, 5.74) is 4.78. The summed E-state index contributed by atoms with van der Waals surface area (Å²) in [5, 5.41) is 3.71. The minimum atomic E-state index is 0.291. The van der Waals surface area contributed by atoms with Gasteiger partial charge in [-0.3, -0.25) is 0 Å². The second-order valence-electron chi connectivity index (χ2n) is 6.93. The van der Waals surface area contributed by atoms with E-state index in [1.165, 1.54) is 16.8 Å². The third-order valence-corrected chi connectivity index (χ3v) is 4.91. The smallest absolute Gasteiger partial charge is 0.225 e. The molecule has 5 heteroatoms. The van der Waals surface area contributed by atoms with Gasteiger partial charge in [-0.2, -0.15) is 0 Å². The molecule has 0 fully saturated rings. The molecule has 1 N–H and O–H groups in total. The highest BCUT2D eigenvalue weighted by Gasteiger charge is 2.22. The number of nitrogens with zero attached hydrogens (tertiary/aromatic N) is 3. The van der Waals surface area contributed by atoms with Crippen LogP contribution in [0.3, 0.4) is 0 Å². The lowest BCUT2D eigenvalue weighted by atomic mass is 9.92. The Morgan fingerprint density at radius 1 is 1.19 bits per heavy atom. The summed E-state index contributed by atoms with van der Waals surface area (Å²) >= 11 is 0. The minimum Gasteiger partial charge on any atom is -0.464 e. The highest BCUT2D eigenvalue weighted by Crippen LogP contribution is 2.30. The number of hydrogen-bond donors (Lipinski definition) is 1. The van der Waals surface area contributed by atoms with Gasteiger partial charge in [0.1, 0.15) is 5.76 Å². The number of rotatable bonds is 5. The lowest BCUT2D eigenvalue weighted by Crippen LogP contribution is -2.27. The highest BCUT2D eigenvalue weighted by atomic mass is 16.3. The molecule has 1 unspecified atom stereocenters. The second kappa shape index (κ2) is 7.30. The first-order valence-electron chi connectivity index (χ1n) is 9.10. The summed E-state index contributed by atoms with van der Waals surface area (Å²) in [6.07, 6.45) is 7.00. The van der Waals surface area contributed by atoms with Crippen LogP contribution in [0.5, 0.6) is 0 Å². The van der Waals surface area contributed by atoms with Gasteiger partial charge in [0.25, 0.3) is 0 Å². The first kappa shape index (κ1) is 16.8. The molecule has 0 amide bonds. The topological polar surface area (TPSA) is 54.2 Å². The molecule has 4 rings (SSSR count). The van der Waals surface area contributed by atoms with Crippen molar-refractivity contribution in [1.82, 2.24) is 15.3 Å². The van der Waals surface area contributed by atoms with Crippen LogP contribution in [0.25, 0.3) is 11.3 Å². The van der Waals surface area contributed by atoms with Gasteiger partial charge in [-0.05, 0) is 37.0 Å². The predicted molar refractivity (Wildman–Crippen MR) is 103 cm³/mol. The fraction of sp³-hybridized carbons (Fsp3) is 0.333. The number of hydrogen-bond acceptors (Lipinski definition) is 5. The van der Waals surface area contributed by atoms with E-state index in [2.05, 4.69) is 28.5 Å². The van der Waals surface area contributed by atoms with Crippen molar-refractivity contribution < 1.29 is 4.42 Å². The SMILES string of the molecule is CN(C)c1ncc2c(n1)CCCC2NCc1ccccc1-c1ccco1. The Bertz CT molecular complexity index is 873. The molecule has 1 aromatic carbocycles.